The van der Waals surface area contributed by atoms with Crippen LogP contribution in [0.1, 0.15) is 16.7 Å². The number of benzene rings is 3. The van der Waals surface area contributed by atoms with E-state index in [1.165, 1.54) is 24.3 Å². The molecule has 1 atom stereocenters. The minimum Gasteiger partial charge on any atom is -0.383 e. The smallest absolute Gasteiger partial charge is 0.270 e. The van der Waals surface area contributed by atoms with E-state index in [-0.39, 0.29) is 12.2 Å². The zero-order valence-electron chi connectivity index (χ0n) is 16.3. The molecule has 0 radical (unpaired) electrons. The first kappa shape index (κ1) is 21.0. The van der Waals surface area contributed by atoms with Crippen molar-refractivity contribution < 1.29 is 14.8 Å². The number of rotatable bonds is 8. The monoisotopic (exact) mass is 402 g/mol. The van der Waals surface area contributed by atoms with E-state index in [9.17, 15) is 20.0 Å². The van der Waals surface area contributed by atoms with Crippen LogP contribution in [0.15, 0.2) is 91.0 Å². The fraction of sp³-hybridized carbons (Fsp3) is 0.125. The molecule has 0 saturated carbocycles. The number of nitrogens with one attached hydrogen (secondary N) is 1. The molecule has 1 unspecified atom stereocenters. The summed E-state index contributed by atoms with van der Waals surface area (Å²) >= 11 is 0. The van der Waals surface area contributed by atoms with Gasteiger partial charge in [-0.2, -0.15) is 0 Å². The van der Waals surface area contributed by atoms with E-state index in [0.29, 0.717) is 17.5 Å². The molecule has 0 fully saturated rings. The second-order valence-corrected chi connectivity index (χ2v) is 6.96. The lowest BCUT2D eigenvalue weighted by Gasteiger charge is -2.29. The number of hydrogen-bond donors (Lipinski definition) is 2. The number of aliphatic hydroxyl groups is 1. The van der Waals surface area contributed by atoms with Crippen LogP contribution in [-0.2, 0) is 16.8 Å². The Morgan fingerprint density at radius 3 is 2.33 bits per heavy atom. The molecule has 0 aliphatic carbocycles. The van der Waals surface area contributed by atoms with Crippen LogP contribution in [0.3, 0.4) is 0 Å². The molecule has 1 amide bonds. The first-order valence-electron chi connectivity index (χ1n) is 9.48. The molecule has 3 aromatic rings. The van der Waals surface area contributed by atoms with Crippen molar-refractivity contribution in [3.05, 3.63) is 118 Å². The maximum Gasteiger partial charge on any atom is 0.270 e. The predicted molar refractivity (Wildman–Crippen MR) is 116 cm³/mol. The zero-order chi connectivity index (χ0) is 21.4. The lowest BCUT2D eigenvalue weighted by atomic mass is 9.87. The standard InChI is InChI=1S/C24H22N2O4/c27-23(15-14-19-10-7-13-22(16-19)26(29)30)25-18-24(28,21-11-5-2-6-12-21)17-20-8-3-1-4-9-20/h1-16,28H,17-18H2,(H,25,27)/b15-14+. The van der Waals surface area contributed by atoms with Crippen molar-refractivity contribution in [2.75, 3.05) is 6.54 Å². The van der Waals surface area contributed by atoms with Gasteiger partial charge in [-0.05, 0) is 22.8 Å². The Labute approximate surface area is 174 Å². The third kappa shape index (κ3) is 5.62. The van der Waals surface area contributed by atoms with E-state index in [0.717, 1.165) is 5.56 Å². The Kier molecular flexibility index (Phi) is 6.72. The van der Waals surface area contributed by atoms with Crippen LogP contribution >= 0.6 is 0 Å². The molecule has 0 aromatic heterocycles. The van der Waals surface area contributed by atoms with E-state index in [1.54, 1.807) is 12.1 Å². The van der Waals surface area contributed by atoms with Gasteiger partial charge in [-0.1, -0.05) is 72.8 Å². The average Bonchev–Trinajstić information content (AvgIpc) is 2.78. The van der Waals surface area contributed by atoms with Crippen LogP contribution < -0.4 is 5.32 Å². The number of amides is 1. The van der Waals surface area contributed by atoms with Gasteiger partial charge < -0.3 is 10.4 Å². The molecule has 0 saturated heterocycles. The van der Waals surface area contributed by atoms with Gasteiger partial charge in [-0.15, -0.1) is 0 Å². The van der Waals surface area contributed by atoms with Gasteiger partial charge in [0, 0.05) is 24.6 Å². The highest BCUT2D eigenvalue weighted by Crippen LogP contribution is 2.25. The van der Waals surface area contributed by atoms with E-state index in [1.807, 2.05) is 60.7 Å². The van der Waals surface area contributed by atoms with E-state index >= 15 is 0 Å². The zero-order valence-corrected chi connectivity index (χ0v) is 16.3. The first-order valence-corrected chi connectivity index (χ1v) is 9.48. The van der Waals surface area contributed by atoms with Crippen molar-refractivity contribution in [2.24, 2.45) is 0 Å². The SMILES string of the molecule is O=C(/C=C/c1cccc([N+](=O)[O-])c1)NCC(O)(Cc1ccccc1)c1ccccc1. The molecule has 2 N–H and O–H groups in total. The summed E-state index contributed by atoms with van der Waals surface area (Å²) in [4.78, 5) is 22.7. The summed E-state index contributed by atoms with van der Waals surface area (Å²) in [5.74, 6) is -0.399. The molecular formula is C24H22N2O4. The van der Waals surface area contributed by atoms with Crippen molar-refractivity contribution in [3.8, 4) is 0 Å². The Morgan fingerprint density at radius 1 is 1.00 bits per heavy atom. The van der Waals surface area contributed by atoms with Crippen LogP contribution in [0.5, 0.6) is 0 Å². The van der Waals surface area contributed by atoms with Crippen LogP contribution in [0.25, 0.3) is 6.08 Å². The number of hydrogen-bond acceptors (Lipinski definition) is 4. The van der Waals surface area contributed by atoms with Gasteiger partial charge in [0.25, 0.3) is 5.69 Å². The third-order valence-corrected chi connectivity index (χ3v) is 4.71. The summed E-state index contributed by atoms with van der Waals surface area (Å²) in [6, 6.07) is 24.8. The number of non-ortho nitro benzene ring substituents is 1. The predicted octanol–water partition coefficient (Wildman–Crippen LogP) is 3.85. The van der Waals surface area contributed by atoms with Crippen molar-refractivity contribution in [1.29, 1.82) is 0 Å². The van der Waals surface area contributed by atoms with Gasteiger partial charge >= 0.3 is 0 Å². The molecule has 3 rings (SSSR count). The molecular weight excluding hydrogens is 380 g/mol. The quantitative estimate of drug-likeness (QED) is 0.340. The van der Waals surface area contributed by atoms with Crippen molar-refractivity contribution in [1.82, 2.24) is 5.32 Å². The number of carbonyl (C=O) groups excluding carboxylic acids is 1. The number of nitro groups is 1. The van der Waals surface area contributed by atoms with Gasteiger partial charge in [0.2, 0.25) is 5.91 Å². The van der Waals surface area contributed by atoms with E-state index in [4.69, 9.17) is 0 Å². The molecule has 0 aliphatic heterocycles. The average molecular weight is 402 g/mol. The Bertz CT molecular complexity index is 1040. The Hall–Kier alpha value is -3.77. The second-order valence-electron chi connectivity index (χ2n) is 6.96. The van der Waals surface area contributed by atoms with E-state index < -0.39 is 16.4 Å². The fourth-order valence-corrected chi connectivity index (χ4v) is 3.15. The van der Waals surface area contributed by atoms with Gasteiger partial charge in [0.05, 0.1) is 11.5 Å². The normalized spacial score (nSPS) is 13.0. The van der Waals surface area contributed by atoms with Gasteiger partial charge in [-0.25, -0.2) is 0 Å². The molecule has 30 heavy (non-hydrogen) atoms. The summed E-state index contributed by atoms with van der Waals surface area (Å²) < 4.78 is 0. The first-order chi connectivity index (χ1) is 14.5. The Morgan fingerprint density at radius 2 is 1.67 bits per heavy atom. The molecule has 6 nitrogen and oxygen atoms in total. The van der Waals surface area contributed by atoms with Crippen LogP contribution in [0.2, 0.25) is 0 Å². The van der Waals surface area contributed by atoms with Crippen molar-refractivity contribution in [3.63, 3.8) is 0 Å². The fourth-order valence-electron chi connectivity index (χ4n) is 3.15. The van der Waals surface area contributed by atoms with E-state index in [2.05, 4.69) is 5.32 Å². The number of nitrogens with zero attached hydrogens (tertiary/aromatic N) is 1. The lowest BCUT2D eigenvalue weighted by Crippen LogP contribution is -2.42. The topological polar surface area (TPSA) is 92.5 Å². The van der Waals surface area contributed by atoms with Crippen molar-refractivity contribution in [2.45, 2.75) is 12.0 Å². The van der Waals surface area contributed by atoms with Crippen LogP contribution in [0, 0.1) is 10.1 Å². The molecule has 0 heterocycles. The maximum absolute atomic E-state index is 12.3. The Balaban J connectivity index is 1.71. The van der Waals surface area contributed by atoms with Gasteiger partial charge in [0.1, 0.15) is 5.60 Å². The highest BCUT2D eigenvalue weighted by Gasteiger charge is 2.29. The molecule has 0 spiro atoms. The maximum atomic E-state index is 12.3. The molecule has 6 heteroatoms. The van der Waals surface area contributed by atoms with Gasteiger partial charge in [0.15, 0.2) is 0 Å². The molecule has 152 valence electrons. The van der Waals surface area contributed by atoms with Gasteiger partial charge in [-0.3, -0.25) is 14.9 Å². The number of nitro benzene ring substituents is 1. The highest BCUT2D eigenvalue weighted by atomic mass is 16.6. The third-order valence-electron chi connectivity index (χ3n) is 4.71. The molecule has 0 aliphatic rings. The summed E-state index contributed by atoms with van der Waals surface area (Å²) in [7, 11) is 0. The molecule has 3 aromatic carbocycles. The summed E-state index contributed by atoms with van der Waals surface area (Å²) in [6.07, 6.45) is 3.14. The lowest BCUT2D eigenvalue weighted by molar-refractivity contribution is -0.384. The van der Waals surface area contributed by atoms with Crippen LogP contribution in [0.4, 0.5) is 5.69 Å². The highest BCUT2D eigenvalue weighted by molar-refractivity contribution is 5.91. The largest absolute Gasteiger partial charge is 0.383 e. The number of carbonyl (C=O) groups is 1. The summed E-state index contributed by atoms with van der Waals surface area (Å²) in [5.41, 5.74) is 0.875. The van der Waals surface area contributed by atoms with Crippen molar-refractivity contribution >= 4 is 17.7 Å². The second kappa shape index (κ2) is 9.62. The summed E-state index contributed by atoms with van der Waals surface area (Å²) in [6.45, 7) is 0.0179. The summed E-state index contributed by atoms with van der Waals surface area (Å²) in [5, 5.41) is 25.0. The minimum atomic E-state index is -1.28. The minimum absolute atomic E-state index is 0.0179. The molecule has 0 bridgehead atoms. The van der Waals surface area contributed by atoms with Crippen LogP contribution in [-0.4, -0.2) is 22.5 Å².